The molecule has 0 bridgehead atoms. The van der Waals surface area contributed by atoms with E-state index < -0.39 is 0 Å². The van der Waals surface area contributed by atoms with E-state index >= 15 is 0 Å². The molecule has 0 amide bonds. The number of aromatic nitrogens is 2. The highest BCUT2D eigenvalue weighted by molar-refractivity contribution is 4.98. The first-order chi connectivity index (χ1) is 9.00. The summed E-state index contributed by atoms with van der Waals surface area (Å²) in [6.45, 7) is 7.17. The normalized spacial score (nSPS) is 24.6. The second-order valence-electron chi connectivity index (χ2n) is 6.79. The molecule has 1 fully saturated rings. The molecule has 0 spiro atoms. The minimum Gasteiger partial charge on any atom is -0.396 e. The quantitative estimate of drug-likeness (QED) is 0.908. The molecule has 1 aliphatic rings. The molecule has 1 N–H and O–H groups in total. The van der Waals surface area contributed by atoms with Crippen molar-refractivity contribution in [2.45, 2.75) is 65.2 Å². The van der Waals surface area contributed by atoms with Crippen LogP contribution in [0.15, 0.2) is 4.52 Å². The molecule has 0 saturated heterocycles. The zero-order valence-electron chi connectivity index (χ0n) is 12.4. The van der Waals surface area contributed by atoms with Gasteiger partial charge in [0.2, 0.25) is 5.89 Å². The van der Waals surface area contributed by atoms with Gasteiger partial charge in [0, 0.05) is 18.9 Å². The third-order valence-corrected chi connectivity index (χ3v) is 4.35. The molecule has 0 aromatic carbocycles. The molecule has 1 saturated carbocycles. The van der Waals surface area contributed by atoms with E-state index in [1.165, 1.54) is 25.7 Å². The second kappa shape index (κ2) is 6.04. The predicted molar refractivity (Wildman–Crippen MR) is 73.9 cm³/mol. The third-order valence-electron chi connectivity index (χ3n) is 4.35. The highest BCUT2D eigenvalue weighted by Gasteiger charge is 2.31. The van der Waals surface area contributed by atoms with Gasteiger partial charge in [0.05, 0.1) is 0 Å². The maximum atomic E-state index is 8.80. The number of hydrogen-bond donors (Lipinski definition) is 1. The molecular formula is C15H26N2O2. The molecule has 0 radical (unpaired) electrons. The van der Waals surface area contributed by atoms with Gasteiger partial charge in [0.25, 0.3) is 0 Å². The fourth-order valence-electron chi connectivity index (χ4n) is 2.98. The van der Waals surface area contributed by atoms with Gasteiger partial charge in [0.1, 0.15) is 0 Å². The van der Waals surface area contributed by atoms with Crippen molar-refractivity contribution < 1.29 is 9.63 Å². The van der Waals surface area contributed by atoms with Gasteiger partial charge in [-0.2, -0.15) is 4.98 Å². The first-order valence-corrected chi connectivity index (χ1v) is 7.44. The lowest BCUT2D eigenvalue weighted by molar-refractivity contribution is 0.166. The summed E-state index contributed by atoms with van der Waals surface area (Å²) >= 11 is 0. The molecule has 2 rings (SSSR count). The van der Waals surface area contributed by atoms with E-state index in [9.17, 15) is 0 Å². The fourth-order valence-corrected chi connectivity index (χ4v) is 2.98. The molecule has 19 heavy (non-hydrogen) atoms. The Labute approximate surface area is 115 Å². The van der Waals surface area contributed by atoms with Crippen molar-refractivity contribution in [2.24, 2.45) is 11.3 Å². The molecule has 1 aliphatic carbocycles. The molecule has 1 aromatic rings. The average molecular weight is 266 g/mol. The maximum Gasteiger partial charge on any atom is 0.226 e. The van der Waals surface area contributed by atoms with E-state index in [1.54, 1.807) is 0 Å². The van der Waals surface area contributed by atoms with E-state index in [4.69, 9.17) is 9.63 Å². The Balaban J connectivity index is 1.89. The molecule has 0 unspecified atom stereocenters. The maximum absolute atomic E-state index is 8.80. The van der Waals surface area contributed by atoms with Crippen molar-refractivity contribution >= 4 is 0 Å². The van der Waals surface area contributed by atoms with Crippen molar-refractivity contribution in [1.29, 1.82) is 0 Å². The van der Waals surface area contributed by atoms with Crippen LogP contribution in [0.3, 0.4) is 0 Å². The molecule has 1 heterocycles. The third kappa shape index (κ3) is 3.78. The topological polar surface area (TPSA) is 59.2 Å². The summed E-state index contributed by atoms with van der Waals surface area (Å²) in [6.07, 6.45) is 6.23. The SMILES string of the molecule is CC(C)(C)C1CCC(c2noc(CCCO)n2)CC1. The number of aliphatic hydroxyl groups excluding tert-OH is 1. The molecule has 4 nitrogen and oxygen atoms in total. The predicted octanol–water partition coefficient (Wildman–Crippen LogP) is 3.31. The van der Waals surface area contributed by atoms with Gasteiger partial charge in [-0.25, -0.2) is 0 Å². The van der Waals surface area contributed by atoms with Crippen LogP contribution in [0.1, 0.15) is 70.5 Å². The van der Waals surface area contributed by atoms with Gasteiger partial charge in [0.15, 0.2) is 5.82 Å². The Kier molecular flexibility index (Phi) is 4.61. The van der Waals surface area contributed by atoms with Crippen molar-refractivity contribution in [3.05, 3.63) is 11.7 Å². The van der Waals surface area contributed by atoms with Crippen LogP contribution in [0.25, 0.3) is 0 Å². The number of hydrogen-bond acceptors (Lipinski definition) is 4. The fraction of sp³-hybridized carbons (Fsp3) is 0.867. The molecule has 0 aliphatic heterocycles. The monoisotopic (exact) mass is 266 g/mol. The Bertz CT molecular complexity index is 387. The van der Waals surface area contributed by atoms with Crippen molar-refractivity contribution in [2.75, 3.05) is 6.61 Å². The highest BCUT2D eigenvalue weighted by Crippen LogP contribution is 2.42. The van der Waals surface area contributed by atoms with E-state index in [-0.39, 0.29) is 6.61 Å². The standard InChI is InChI=1S/C15H26N2O2/c1-15(2,3)12-8-6-11(7-9-12)14-16-13(19-17-14)5-4-10-18/h11-12,18H,4-10H2,1-3H3. The van der Waals surface area contributed by atoms with E-state index in [0.29, 0.717) is 30.1 Å². The summed E-state index contributed by atoms with van der Waals surface area (Å²) in [4.78, 5) is 4.47. The van der Waals surface area contributed by atoms with Gasteiger partial charge in [-0.15, -0.1) is 0 Å². The van der Waals surface area contributed by atoms with Crippen LogP contribution in [0.4, 0.5) is 0 Å². The van der Waals surface area contributed by atoms with Crippen LogP contribution in [-0.4, -0.2) is 21.9 Å². The lowest BCUT2D eigenvalue weighted by atomic mass is 9.70. The van der Waals surface area contributed by atoms with Crippen LogP contribution in [0.2, 0.25) is 0 Å². The Morgan fingerprint density at radius 1 is 1.21 bits per heavy atom. The van der Waals surface area contributed by atoms with Crippen LogP contribution >= 0.6 is 0 Å². The first-order valence-electron chi connectivity index (χ1n) is 7.44. The Hall–Kier alpha value is -0.900. The van der Waals surface area contributed by atoms with E-state index in [1.807, 2.05) is 0 Å². The zero-order chi connectivity index (χ0) is 13.9. The van der Waals surface area contributed by atoms with E-state index in [2.05, 4.69) is 30.9 Å². The summed E-state index contributed by atoms with van der Waals surface area (Å²) < 4.78 is 5.24. The summed E-state index contributed by atoms with van der Waals surface area (Å²) in [5.74, 6) is 2.82. The number of nitrogens with zero attached hydrogens (tertiary/aromatic N) is 2. The van der Waals surface area contributed by atoms with Crippen molar-refractivity contribution in [3.63, 3.8) is 0 Å². The molecule has 4 heteroatoms. The summed E-state index contributed by atoms with van der Waals surface area (Å²) in [5.41, 5.74) is 0.411. The largest absolute Gasteiger partial charge is 0.396 e. The van der Waals surface area contributed by atoms with Gasteiger partial charge in [-0.1, -0.05) is 25.9 Å². The Morgan fingerprint density at radius 3 is 2.47 bits per heavy atom. The Morgan fingerprint density at radius 2 is 1.89 bits per heavy atom. The minimum absolute atomic E-state index is 0.175. The van der Waals surface area contributed by atoms with Crippen LogP contribution in [0.5, 0.6) is 0 Å². The smallest absolute Gasteiger partial charge is 0.226 e. The summed E-state index contributed by atoms with van der Waals surface area (Å²) in [6, 6.07) is 0. The molecule has 1 aromatic heterocycles. The summed E-state index contributed by atoms with van der Waals surface area (Å²) in [7, 11) is 0. The molecule has 0 atom stereocenters. The average Bonchev–Trinajstić information content (AvgIpc) is 2.84. The zero-order valence-corrected chi connectivity index (χ0v) is 12.4. The van der Waals surface area contributed by atoms with Crippen molar-refractivity contribution in [1.82, 2.24) is 10.1 Å². The highest BCUT2D eigenvalue weighted by atomic mass is 16.5. The molecular weight excluding hydrogens is 240 g/mol. The molecule has 108 valence electrons. The number of aryl methyl sites for hydroxylation is 1. The lowest BCUT2D eigenvalue weighted by Gasteiger charge is -2.36. The van der Waals surface area contributed by atoms with Crippen LogP contribution in [0, 0.1) is 11.3 Å². The minimum atomic E-state index is 0.175. The lowest BCUT2D eigenvalue weighted by Crippen LogP contribution is -2.25. The van der Waals surface area contributed by atoms with Gasteiger partial charge in [-0.05, 0) is 43.4 Å². The van der Waals surface area contributed by atoms with Gasteiger partial charge in [-0.3, -0.25) is 0 Å². The number of rotatable bonds is 4. The van der Waals surface area contributed by atoms with E-state index in [0.717, 1.165) is 11.7 Å². The summed E-state index contributed by atoms with van der Waals surface area (Å²) in [5, 5.41) is 12.9. The van der Waals surface area contributed by atoms with Crippen LogP contribution in [-0.2, 0) is 6.42 Å². The first kappa shape index (κ1) is 14.5. The van der Waals surface area contributed by atoms with Crippen LogP contribution < -0.4 is 0 Å². The number of aliphatic hydroxyl groups is 1. The van der Waals surface area contributed by atoms with Crippen molar-refractivity contribution in [3.8, 4) is 0 Å². The van der Waals surface area contributed by atoms with Gasteiger partial charge >= 0.3 is 0 Å². The van der Waals surface area contributed by atoms with Gasteiger partial charge < -0.3 is 9.63 Å². The second-order valence-corrected chi connectivity index (χ2v) is 6.79.